The smallest absolute Gasteiger partial charge is 0.145 e. The fraction of sp³-hybridized carbons (Fsp3) is 0.0714. The number of rotatable bonds is 1. The molecule has 3 rings (SSSR count). The molecule has 2 aromatic carbocycles. The lowest BCUT2D eigenvalue weighted by molar-refractivity contribution is 0.377. The summed E-state index contributed by atoms with van der Waals surface area (Å²) in [6.45, 7) is 0.545. The van der Waals surface area contributed by atoms with Crippen LogP contribution in [0.5, 0.6) is 5.75 Å². The van der Waals surface area contributed by atoms with Crippen molar-refractivity contribution >= 4 is 23.5 Å². The Kier molecular flexibility index (Phi) is 2.57. The van der Waals surface area contributed by atoms with E-state index >= 15 is 0 Å². The molecule has 0 saturated heterocycles. The first-order chi connectivity index (χ1) is 8.33. The van der Waals surface area contributed by atoms with Crippen LogP contribution in [0.4, 0.5) is 5.69 Å². The highest BCUT2D eigenvalue weighted by molar-refractivity contribution is 6.30. The summed E-state index contributed by atoms with van der Waals surface area (Å²) >= 11 is 5.98. The summed E-state index contributed by atoms with van der Waals surface area (Å²) in [4.78, 5) is 4.32. The number of hydrogen-bond donors (Lipinski definition) is 0. The molecule has 3 heteroatoms. The average molecular weight is 244 g/mol. The number of benzene rings is 2. The molecule has 0 fully saturated rings. The number of aliphatic imine (C=N–C) groups is 1. The molecule has 0 saturated carbocycles. The Morgan fingerprint density at radius 3 is 2.82 bits per heavy atom. The van der Waals surface area contributed by atoms with Crippen molar-refractivity contribution in [3.63, 3.8) is 0 Å². The summed E-state index contributed by atoms with van der Waals surface area (Å²) in [5, 5.41) is 0.736. The van der Waals surface area contributed by atoms with Gasteiger partial charge in [-0.15, -0.1) is 0 Å². The van der Waals surface area contributed by atoms with E-state index in [-0.39, 0.29) is 0 Å². The zero-order valence-electron chi connectivity index (χ0n) is 9.06. The molecule has 17 heavy (non-hydrogen) atoms. The van der Waals surface area contributed by atoms with Crippen molar-refractivity contribution in [2.24, 2.45) is 4.99 Å². The second-order valence-corrected chi connectivity index (χ2v) is 4.25. The number of halogens is 1. The Morgan fingerprint density at radius 1 is 1.06 bits per heavy atom. The molecule has 0 N–H and O–H groups in total. The molecule has 0 radical (unpaired) electrons. The third kappa shape index (κ3) is 2.04. The third-order valence-electron chi connectivity index (χ3n) is 2.66. The maximum atomic E-state index is 5.98. The third-order valence-corrected chi connectivity index (χ3v) is 2.90. The molecule has 0 spiro atoms. The zero-order chi connectivity index (χ0) is 11.7. The summed E-state index contributed by atoms with van der Waals surface area (Å²) in [6, 6.07) is 13.8. The average Bonchev–Trinajstić information content (AvgIpc) is 2.38. The minimum atomic E-state index is 0.545. The van der Waals surface area contributed by atoms with E-state index in [0.717, 1.165) is 27.6 Å². The molecule has 0 aliphatic carbocycles. The summed E-state index contributed by atoms with van der Waals surface area (Å²) in [6.07, 6.45) is 1.77. The molecule has 84 valence electrons. The summed E-state index contributed by atoms with van der Waals surface area (Å²) in [5.41, 5.74) is 3.05. The highest BCUT2D eigenvalue weighted by Gasteiger charge is 2.08. The van der Waals surface area contributed by atoms with Crippen molar-refractivity contribution in [2.45, 2.75) is 0 Å². The minimum absolute atomic E-state index is 0.545. The van der Waals surface area contributed by atoms with E-state index in [9.17, 15) is 0 Å². The van der Waals surface area contributed by atoms with Gasteiger partial charge in [-0.1, -0.05) is 29.8 Å². The zero-order valence-corrected chi connectivity index (χ0v) is 9.82. The van der Waals surface area contributed by atoms with Crippen molar-refractivity contribution in [1.82, 2.24) is 0 Å². The van der Waals surface area contributed by atoms with Crippen LogP contribution < -0.4 is 4.74 Å². The first-order valence-electron chi connectivity index (χ1n) is 5.38. The van der Waals surface area contributed by atoms with Gasteiger partial charge in [0.05, 0.1) is 0 Å². The quantitative estimate of drug-likeness (QED) is 0.739. The van der Waals surface area contributed by atoms with Crippen LogP contribution in [0.3, 0.4) is 0 Å². The molecule has 0 bridgehead atoms. The lowest BCUT2D eigenvalue weighted by Crippen LogP contribution is -2.02. The molecule has 2 nitrogen and oxygen atoms in total. The molecule has 2 aromatic rings. The lowest BCUT2D eigenvalue weighted by atomic mass is 10.0. The second kappa shape index (κ2) is 4.22. The number of nitrogens with zero attached hydrogens (tertiary/aromatic N) is 1. The van der Waals surface area contributed by atoms with Gasteiger partial charge in [0, 0.05) is 11.2 Å². The summed E-state index contributed by atoms with van der Waals surface area (Å²) < 4.78 is 5.46. The van der Waals surface area contributed by atoms with Crippen LogP contribution >= 0.6 is 11.6 Å². The molecule has 1 aliphatic rings. The molecular formula is C14H10ClNO. The van der Waals surface area contributed by atoms with E-state index in [2.05, 4.69) is 4.99 Å². The van der Waals surface area contributed by atoms with Gasteiger partial charge >= 0.3 is 0 Å². The van der Waals surface area contributed by atoms with Crippen molar-refractivity contribution < 1.29 is 4.74 Å². The Bertz CT molecular complexity index is 593. The van der Waals surface area contributed by atoms with Crippen molar-refractivity contribution in [1.29, 1.82) is 0 Å². The van der Waals surface area contributed by atoms with Gasteiger partial charge in [0.1, 0.15) is 18.0 Å². The first-order valence-corrected chi connectivity index (χ1v) is 5.76. The number of fused-ring (bicyclic) bond motifs is 1. The van der Waals surface area contributed by atoms with Gasteiger partial charge in [-0.3, -0.25) is 4.99 Å². The van der Waals surface area contributed by atoms with Crippen LogP contribution in [0.1, 0.15) is 0 Å². The highest BCUT2D eigenvalue weighted by Crippen LogP contribution is 2.34. The maximum Gasteiger partial charge on any atom is 0.145 e. The van der Waals surface area contributed by atoms with Crippen LogP contribution in [0.15, 0.2) is 47.5 Å². The molecule has 1 aliphatic heterocycles. The second-order valence-electron chi connectivity index (χ2n) is 3.82. The van der Waals surface area contributed by atoms with Crippen molar-refractivity contribution in [3.05, 3.63) is 47.5 Å². The van der Waals surface area contributed by atoms with Crippen LogP contribution in [-0.2, 0) is 0 Å². The molecular weight excluding hydrogens is 234 g/mol. The normalized spacial score (nSPS) is 13.0. The summed E-state index contributed by atoms with van der Waals surface area (Å²) in [7, 11) is 0. The van der Waals surface area contributed by atoms with Gasteiger partial charge in [0.25, 0.3) is 0 Å². The molecule has 0 unspecified atom stereocenters. The minimum Gasteiger partial charge on any atom is -0.486 e. The molecule has 0 aromatic heterocycles. The fourth-order valence-corrected chi connectivity index (χ4v) is 2.04. The van der Waals surface area contributed by atoms with E-state index in [1.165, 1.54) is 0 Å². The summed E-state index contributed by atoms with van der Waals surface area (Å²) in [5.74, 6) is 0.832. The topological polar surface area (TPSA) is 21.6 Å². The van der Waals surface area contributed by atoms with Crippen LogP contribution in [0.2, 0.25) is 5.02 Å². The standard InChI is InChI=1S/C14H10ClNO/c15-12-3-1-2-10(8-12)11-4-5-14-13(9-11)16-6-7-17-14/h1-6,8-9H,7H2. The van der Waals surface area contributed by atoms with E-state index < -0.39 is 0 Å². The van der Waals surface area contributed by atoms with E-state index in [0.29, 0.717) is 6.61 Å². The largest absolute Gasteiger partial charge is 0.486 e. The van der Waals surface area contributed by atoms with Gasteiger partial charge in [0.15, 0.2) is 0 Å². The van der Waals surface area contributed by atoms with Crippen LogP contribution in [0.25, 0.3) is 11.1 Å². The number of ether oxygens (including phenoxy) is 1. The Balaban J connectivity index is 2.08. The Labute approximate surface area is 105 Å². The first kappa shape index (κ1) is 10.4. The predicted octanol–water partition coefficient (Wildman–Crippen LogP) is 4.10. The molecule has 0 atom stereocenters. The SMILES string of the molecule is Clc1cccc(-c2ccc3c(c2)N=CCO3)c1. The van der Waals surface area contributed by atoms with E-state index in [1.807, 2.05) is 42.5 Å². The fourth-order valence-electron chi connectivity index (χ4n) is 1.85. The van der Waals surface area contributed by atoms with E-state index in [1.54, 1.807) is 6.21 Å². The monoisotopic (exact) mass is 243 g/mol. The molecule has 1 heterocycles. The predicted molar refractivity (Wildman–Crippen MR) is 70.5 cm³/mol. The molecule has 0 amide bonds. The lowest BCUT2D eigenvalue weighted by Gasteiger charge is -2.12. The van der Waals surface area contributed by atoms with Gasteiger partial charge in [-0.25, -0.2) is 0 Å². The number of hydrogen-bond acceptors (Lipinski definition) is 2. The maximum absolute atomic E-state index is 5.98. The van der Waals surface area contributed by atoms with Gasteiger partial charge < -0.3 is 4.74 Å². The van der Waals surface area contributed by atoms with Crippen LogP contribution in [0, 0.1) is 0 Å². The van der Waals surface area contributed by atoms with E-state index in [4.69, 9.17) is 16.3 Å². The van der Waals surface area contributed by atoms with Crippen molar-refractivity contribution in [3.8, 4) is 16.9 Å². The van der Waals surface area contributed by atoms with Crippen LogP contribution in [-0.4, -0.2) is 12.8 Å². The Morgan fingerprint density at radius 2 is 1.94 bits per heavy atom. The Hall–Kier alpha value is -1.80. The van der Waals surface area contributed by atoms with Gasteiger partial charge in [0.2, 0.25) is 0 Å². The van der Waals surface area contributed by atoms with Gasteiger partial charge in [-0.2, -0.15) is 0 Å². The highest BCUT2D eigenvalue weighted by atomic mass is 35.5. The van der Waals surface area contributed by atoms with Gasteiger partial charge in [-0.05, 0) is 35.4 Å². The van der Waals surface area contributed by atoms with Crippen molar-refractivity contribution in [2.75, 3.05) is 6.61 Å².